The van der Waals surface area contributed by atoms with Crippen molar-refractivity contribution in [3.05, 3.63) is 82.6 Å². The summed E-state index contributed by atoms with van der Waals surface area (Å²) in [5.74, 6) is 6.31. The van der Waals surface area contributed by atoms with Gasteiger partial charge in [-0.3, -0.25) is 19.5 Å². The van der Waals surface area contributed by atoms with Crippen LogP contribution in [0.1, 0.15) is 50.3 Å². The first kappa shape index (κ1) is 26.1. The molecular formula is C31H27F3N4O2. The van der Waals surface area contributed by atoms with E-state index in [4.69, 9.17) is 0 Å². The van der Waals surface area contributed by atoms with Crippen molar-refractivity contribution >= 4 is 23.5 Å². The van der Waals surface area contributed by atoms with Gasteiger partial charge in [0.1, 0.15) is 17.2 Å². The lowest BCUT2D eigenvalue weighted by Crippen LogP contribution is -2.40. The van der Waals surface area contributed by atoms with Crippen molar-refractivity contribution in [3.63, 3.8) is 0 Å². The Balaban J connectivity index is 1.26. The number of nitrogens with zero attached hydrogens (tertiary/aromatic N) is 3. The van der Waals surface area contributed by atoms with Gasteiger partial charge in [0.05, 0.1) is 17.5 Å². The number of hydrogen-bond donors (Lipinski definition) is 1. The van der Waals surface area contributed by atoms with E-state index in [1.807, 2.05) is 19.1 Å². The predicted molar refractivity (Wildman–Crippen MR) is 144 cm³/mol. The smallest absolute Gasteiger partial charge is 0.310 e. The Morgan fingerprint density at radius 1 is 1.07 bits per heavy atom. The lowest BCUT2D eigenvalue weighted by Gasteiger charge is -2.21. The van der Waals surface area contributed by atoms with Gasteiger partial charge in [-0.1, -0.05) is 55.2 Å². The van der Waals surface area contributed by atoms with E-state index >= 15 is 0 Å². The van der Waals surface area contributed by atoms with Gasteiger partial charge in [0, 0.05) is 23.2 Å². The summed E-state index contributed by atoms with van der Waals surface area (Å²) in [4.78, 5) is 36.1. The zero-order chi connectivity index (χ0) is 28.4. The monoisotopic (exact) mass is 544 g/mol. The third-order valence-electron chi connectivity index (χ3n) is 8.19. The van der Waals surface area contributed by atoms with Gasteiger partial charge < -0.3 is 5.32 Å². The van der Waals surface area contributed by atoms with Crippen molar-refractivity contribution in [2.75, 3.05) is 11.9 Å². The number of hydrogen-bond acceptors (Lipinski definition) is 4. The number of nitrogens with one attached hydrogen (secondary N) is 1. The van der Waals surface area contributed by atoms with Crippen molar-refractivity contribution in [1.82, 2.24) is 9.88 Å². The Bertz CT molecular complexity index is 1610. The molecule has 9 heteroatoms. The first-order valence-electron chi connectivity index (χ1n) is 13.2. The number of aliphatic imine (C=N–C) groups is 1. The number of benzene rings is 1. The first-order valence-corrected chi connectivity index (χ1v) is 13.2. The molecule has 2 aliphatic heterocycles. The third kappa shape index (κ3) is 4.05. The van der Waals surface area contributed by atoms with E-state index < -0.39 is 28.6 Å². The number of carbonyl (C=O) groups excluding carboxylic acids is 2. The molecule has 204 valence electrons. The van der Waals surface area contributed by atoms with E-state index in [0.29, 0.717) is 18.7 Å². The molecule has 3 heterocycles. The van der Waals surface area contributed by atoms with Crippen LogP contribution in [0.5, 0.6) is 0 Å². The number of anilines is 1. The summed E-state index contributed by atoms with van der Waals surface area (Å²) in [5.41, 5.74) is 0.261. The summed E-state index contributed by atoms with van der Waals surface area (Å²) in [7, 11) is 0. The Kier molecular flexibility index (Phi) is 5.81. The maximum absolute atomic E-state index is 13.8. The van der Waals surface area contributed by atoms with E-state index in [1.165, 1.54) is 23.1 Å². The van der Waals surface area contributed by atoms with Crippen molar-refractivity contribution in [3.8, 4) is 11.8 Å². The van der Waals surface area contributed by atoms with E-state index in [9.17, 15) is 22.8 Å². The number of pyridine rings is 1. The summed E-state index contributed by atoms with van der Waals surface area (Å²) >= 11 is 0. The third-order valence-corrected chi connectivity index (χ3v) is 8.19. The summed E-state index contributed by atoms with van der Waals surface area (Å²) in [6, 6.07) is 8.93. The van der Waals surface area contributed by atoms with Crippen LogP contribution in [0.3, 0.4) is 0 Å². The molecule has 0 radical (unpaired) electrons. The fraction of sp³-hybridized carbons (Fsp3) is 0.355. The van der Waals surface area contributed by atoms with Crippen molar-refractivity contribution in [1.29, 1.82) is 0 Å². The van der Waals surface area contributed by atoms with E-state index in [0.717, 1.165) is 22.8 Å². The highest BCUT2D eigenvalue weighted by Crippen LogP contribution is 2.54. The molecule has 6 nitrogen and oxygen atoms in total. The molecule has 0 saturated heterocycles. The Labute approximate surface area is 230 Å². The number of carbonyl (C=O) groups is 2. The molecule has 3 unspecified atom stereocenters. The van der Waals surface area contributed by atoms with Gasteiger partial charge >= 0.3 is 6.18 Å². The minimum Gasteiger partial charge on any atom is -0.310 e. The molecule has 1 aromatic carbocycles. The number of amidine groups is 1. The second-order valence-corrected chi connectivity index (χ2v) is 11.3. The molecule has 4 aliphatic rings. The van der Waals surface area contributed by atoms with Crippen LogP contribution >= 0.6 is 0 Å². The van der Waals surface area contributed by atoms with E-state index in [2.05, 4.69) is 39.3 Å². The molecule has 1 saturated carbocycles. The molecule has 1 N–H and O–H groups in total. The topological polar surface area (TPSA) is 74.7 Å². The maximum Gasteiger partial charge on any atom is 0.417 e. The largest absolute Gasteiger partial charge is 0.417 e. The van der Waals surface area contributed by atoms with Crippen LogP contribution in [-0.4, -0.2) is 39.6 Å². The molecule has 2 aromatic rings. The SMILES string of the molecule is CC1C=C2CC3(CC2=CC1C#CCN1C(=O)C(C)(C)N=C1c1ccccc1C(F)(F)F)C(=O)Nc1ncccc13. The van der Waals surface area contributed by atoms with Gasteiger partial charge in [-0.15, -0.1) is 0 Å². The fourth-order valence-electron chi connectivity index (χ4n) is 6.15. The quantitative estimate of drug-likeness (QED) is 0.524. The van der Waals surface area contributed by atoms with Crippen LogP contribution < -0.4 is 5.32 Å². The number of aromatic nitrogens is 1. The molecule has 1 aromatic heterocycles. The fourth-order valence-corrected chi connectivity index (χ4v) is 6.15. The average molecular weight is 545 g/mol. The molecule has 1 fully saturated rings. The standard InChI is InChI=1S/C31H27F3N4O2/c1-18-14-20-16-30(24-11-6-12-35-25(24)36-27(30)39)17-21(20)15-19(18)8-7-13-38-26(37-29(2,3)28(38)40)22-9-4-5-10-23(22)31(32,33)34/h4-6,9-12,14-15,18-19H,13,16-17H2,1-3H3,(H,35,36,39). The molecular weight excluding hydrogens is 517 g/mol. The van der Waals surface area contributed by atoms with Gasteiger partial charge in [0.15, 0.2) is 0 Å². The highest BCUT2D eigenvalue weighted by molar-refractivity contribution is 6.15. The summed E-state index contributed by atoms with van der Waals surface area (Å²) in [6.07, 6.45) is 2.47. The van der Waals surface area contributed by atoms with Crippen LogP contribution in [0.25, 0.3) is 0 Å². The molecule has 0 bridgehead atoms. The Morgan fingerprint density at radius 3 is 2.55 bits per heavy atom. The lowest BCUT2D eigenvalue weighted by atomic mass is 9.80. The van der Waals surface area contributed by atoms with Gasteiger partial charge in [0.2, 0.25) is 5.91 Å². The van der Waals surface area contributed by atoms with Crippen molar-refractivity contribution in [2.45, 2.75) is 50.7 Å². The molecule has 40 heavy (non-hydrogen) atoms. The van der Waals surface area contributed by atoms with Crippen LogP contribution in [0.15, 0.2) is 70.9 Å². The van der Waals surface area contributed by atoms with E-state index in [1.54, 1.807) is 20.0 Å². The molecule has 6 rings (SSSR count). The molecule has 3 atom stereocenters. The van der Waals surface area contributed by atoms with Crippen molar-refractivity contribution < 1.29 is 22.8 Å². The highest BCUT2D eigenvalue weighted by atomic mass is 19.4. The molecule has 2 aliphatic carbocycles. The number of halogens is 3. The van der Waals surface area contributed by atoms with Gasteiger partial charge in [-0.2, -0.15) is 13.2 Å². The van der Waals surface area contributed by atoms with Crippen LogP contribution in [0.4, 0.5) is 19.0 Å². The van der Waals surface area contributed by atoms with Crippen LogP contribution in [-0.2, 0) is 21.2 Å². The van der Waals surface area contributed by atoms with Crippen LogP contribution in [0, 0.1) is 23.7 Å². The normalized spacial score (nSPS) is 26.4. The summed E-state index contributed by atoms with van der Waals surface area (Å²) in [5, 5.41) is 2.92. The summed E-state index contributed by atoms with van der Waals surface area (Å²) < 4.78 is 41.3. The minimum absolute atomic E-state index is 0.0216. The lowest BCUT2D eigenvalue weighted by molar-refractivity contribution is -0.138. The molecule has 1 spiro atoms. The van der Waals surface area contributed by atoms with Crippen molar-refractivity contribution in [2.24, 2.45) is 16.8 Å². The first-order chi connectivity index (χ1) is 18.9. The summed E-state index contributed by atoms with van der Waals surface area (Å²) in [6.45, 7) is 5.14. The van der Waals surface area contributed by atoms with Gasteiger partial charge in [-0.25, -0.2) is 4.98 Å². The number of rotatable bonds is 2. The van der Waals surface area contributed by atoms with Crippen LogP contribution in [0.2, 0.25) is 0 Å². The zero-order valence-corrected chi connectivity index (χ0v) is 22.3. The highest BCUT2D eigenvalue weighted by Gasteiger charge is 2.53. The van der Waals surface area contributed by atoms with Gasteiger partial charge in [0.25, 0.3) is 5.91 Å². The second-order valence-electron chi connectivity index (χ2n) is 11.3. The Morgan fingerprint density at radius 2 is 1.80 bits per heavy atom. The predicted octanol–water partition coefficient (Wildman–Crippen LogP) is 5.27. The second kappa shape index (κ2) is 8.91. The number of fused-ring (bicyclic) bond motifs is 3. The average Bonchev–Trinajstić information content (AvgIpc) is 3.48. The Hall–Kier alpha value is -4.19. The van der Waals surface area contributed by atoms with E-state index in [-0.39, 0.29) is 35.7 Å². The number of alkyl halides is 3. The molecule has 2 amide bonds. The number of amides is 2. The maximum atomic E-state index is 13.8. The minimum atomic E-state index is -4.59. The van der Waals surface area contributed by atoms with Gasteiger partial charge in [-0.05, 0) is 55.9 Å². The zero-order valence-electron chi connectivity index (χ0n) is 22.3. The number of allylic oxidation sites excluding steroid dienone is 4.